The molecule has 1 aliphatic rings. The topological polar surface area (TPSA) is 179 Å². The summed E-state index contributed by atoms with van der Waals surface area (Å²) in [7, 11) is 0. The smallest absolute Gasteiger partial charge is 0.407 e. The average molecular weight is 784 g/mol. The van der Waals surface area contributed by atoms with Crippen molar-refractivity contribution in [1.29, 1.82) is 0 Å². The van der Waals surface area contributed by atoms with Crippen molar-refractivity contribution in [3.8, 4) is 22.4 Å². The number of fused-ring (bicyclic) bond motifs is 3. The van der Waals surface area contributed by atoms with Gasteiger partial charge >= 0.3 is 11.8 Å². The maximum atomic E-state index is 12.7. The lowest BCUT2D eigenvalue weighted by molar-refractivity contribution is -0.121. The second-order valence-electron chi connectivity index (χ2n) is 14.8. The minimum Gasteiger partial charge on any atom is -0.444 e. The lowest BCUT2D eigenvalue weighted by Crippen LogP contribution is -2.51. The van der Waals surface area contributed by atoms with Gasteiger partial charge < -0.3 is 34.3 Å². The number of aromatic nitrogens is 4. The quantitative estimate of drug-likeness (QED) is 0.0766. The molecule has 0 spiro atoms. The summed E-state index contributed by atoms with van der Waals surface area (Å²) in [6, 6.07) is 22.4. The Balaban J connectivity index is 0.882. The van der Waals surface area contributed by atoms with Crippen LogP contribution in [0.5, 0.6) is 0 Å². The molecule has 1 saturated carbocycles. The Morgan fingerprint density at radius 1 is 0.807 bits per heavy atom. The first-order valence-corrected chi connectivity index (χ1v) is 19.5. The monoisotopic (exact) mass is 783 g/mol. The predicted molar refractivity (Wildman–Crippen MR) is 216 cm³/mol. The van der Waals surface area contributed by atoms with E-state index in [0.717, 1.165) is 58.1 Å². The van der Waals surface area contributed by atoms with Gasteiger partial charge in [0.15, 0.2) is 5.65 Å². The third-order valence-electron chi connectivity index (χ3n) is 9.57. The zero-order valence-electron chi connectivity index (χ0n) is 32.9. The fourth-order valence-corrected chi connectivity index (χ4v) is 6.59. The molecule has 2 amide bonds. The van der Waals surface area contributed by atoms with Crippen LogP contribution in [0.15, 0.2) is 77.7 Å². The average Bonchev–Trinajstić information content (AvgIpc) is 3.57. The Morgan fingerprint density at radius 2 is 1.44 bits per heavy atom. The van der Waals surface area contributed by atoms with Gasteiger partial charge in [-0.25, -0.2) is 24.1 Å². The van der Waals surface area contributed by atoms with Gasteiger partial charge in [0, 0.05) is 41.3 Å². The number of H-pyrrole nitrogens is 1. The summed E-state index contributed by atoms with van der Waals surface area (Å²) in [5.74, 6) is -0.0840. The Bertz CT molecular complexity index is 2130. The number of alkyl carbamates (subject to hydrolysis) is 1. The minimum atomic E-state index is -0.528. The Hall–Kier alpha value is -5.19. The molecule has 0 bridgehead atoms. The fraction of sp³-hybridized carbons (Fsp3) is 0.452. The van der Waals surface area contributed by atoms with Crippen molar-refractivity contribution < 1.29 is 33.3 Å². The largest absolute Gasteiger partial charge is 0.444 e. The van der Waals surface area contributed by atoms with Crippen molar-refractivity contribution in [1.82, 2.24) is 35.5 Å². The third-order valence-corrected chi connectivity index (χ3v) is 9.57. The van der Waals surface area contributed by atoms with Gasteiger partial charge in [-0.15, -0.1) is 0 Å². The van der Waals surface area contributed by atoms with E-state index in [2.05, 4.69) is 68.6 Å². The van der Waals surface area contributed by atoms with Crippen LogP contribution in [0.4, 0.5) is 4.79 Å². The van der Waals surface area contributed by atoms with Crippen LogP contribution in [0.2, 0.25) is 0 Å². The molecule has 57 heavy (non-hydrogen) atoms. The number of hydrogen-bond donors (Lipinski definition) is 4. The van der Waals surface area contributed by atoms with Crippen LogP contribution in [0.25, 0.3) is 38.9 Å². The Labute approximate surface area is 331 Å². The fourth-order valence-electron chi connectivity index (χ4n) is 6.59. The highest BCUT2D eigenvalue weighted by Crippen LogP contribution is 2.42. The SMILES string of the molecule is CC(C)(C)OC(=O)NCCOCCOCCOCCOCCNC(=O)CNC1(c2ccc(-c3nc4ccn5c(=O)[nH]nc5c4cc3-c3ccccc3)cc2)CCC1. The van der Waals surface area contributed by atoms with Crippen molar-refractivity contribution in [3.63, 3.8) is 0 Å². The highest BCUT2D eigenvalue weighted by molar-refractivity contribution is 5.98. The molecule has 1 aliphatic carbocycles. The molecule has 0 radical (unpaired) electrons. The molecule has 0 atom stereocenters. The lowest BCUT2D eigenvalue weighted by atomic mass is 9.71. The van der Waals surface area contributed by atoms with E-state index < -0.39 is 11.7 Å². The summed E-state index contributed by atoms with van der Waals surface area (Å²) in [4.78, 5) is 41.6. The molecule has 3 heterocycles. The first-order valence-electron chi connectivity index (χ1n) is 19.5. The molecule has 6 rings (SSSR count). The van der Waals surface area contributed by atoms with Crippen LogP contribution in [0.1, 0.15) is 45.6 Å². The third kappa shape index (κ3) is 11.5. The van der Waals surface area contributed by atoms with E-state index in [4.69, 9.17) is 28.7 Å². The summed E-state index contributed by atoms with van der Waals surface area (Å²) >= 11 is 0. The second-order valence-corrected chi connectivity index (χ2v) is 14.8. The van der Waals surface area contributed by atoms with Gasteiger partial charge in [0.2, 0.25) is 5.91 Å². The molecule has 15 nitrogen and oxygen atoms in total. The van der Waals surface area contributed by atoms with E-state index >= 15 is 0 Å². The lowest BCUT2D eigenvalue weighted by Gasteiger charge is -2.43. The summed E-state index contributed by atoms with van der Waals surface area (Å²) in [6.07, 6.45) is 4.20. The van der Waals surface area contributed by atoms with Crippen LogP contribution in [0.3, 0.4) is 0 Å². The van der Waals surface area contributed by atoms with Crippen molar-refractivity contribution >= 4 is 28.6 Å². The summed E-state index contributed by atoms with van der Waals surface area (Å²) in [5, 5.41) is 16.7. The second kappa shape index (κ2) is 19.8. The number of carbonyl (C=O) groups excluding carboxylic acids is 2. The van der Waals surface area contributed by atoms with Crippen molar-refractivity contribution in [2.75, 3.05) is 72.5 Å². The Kier molecular flexibility index (Phi) is 14.4. The number of ether oxygens (including phenoxy) is 5. The van der Waals surface area contributed by atoms with Gasteiger partial charge in [-0.2, -0.15) is 5.10 Å². The van der Waals surface area contributed by atoms with Crippen molar-refractivity contribution in [2.45, 2.75) is 51.2 Å². The standard InChI is InChI=1S/C42H53N7O8/c1-41(2,3)57-40(52)44-18-21-54-23-25-56-27-26-55-24-22-53-20-17-43-36(50)29-45-42(15-7-16-42)32-12-10-31(11-13-32)37-33(30-8-5-4-6-9-30)28-34-35(46-37)14-19-49-38(34)47-48-39(49)51/h4-6,8-14,19,28,45H,7,15-18,20-27,29H2,1-3H3,(H,43,50)(H,44,52)(H,48,51). The molecule has 304 valence electrons. The number of benzene rings is 2. The van der Waals surface area contributed by atoms with Gasteiger partial charge in [-0.3, -0.25) is 10.1 Å². The van der Waals surface area contributed by atoms with Gasteiger partial charge in [0.1, 0.15) is 5.60 Å². The zero-order valence-corrected chi connectivity index (χ0v) is 32.9. The molecular formula is C42H53N7O8. The van der Waals surface area contributed by atoms with E-state index in [1.54, 1.807) is 6.20 Å². The minimum absolute atomic E-state index is 0.0840. The molecule has 3 aromatic heterocycles. The molecule has 0 unspecified atom stereocenters. The van der Waals surface area contributed by atoms with Crippen LogP contribution in [-0.4, -0.2) is 110 Å². The van der Waals surface area contributed by atoms with Crippen LogP contribution >= 0.6 is 0 Å². The van der Waals surface area contributed by atoms with E-state index in [-0.39, 0.29) is 23.7 Å². The van der Waals surface area contributed by atoms with Crippen LogP contribution in [0, 0.1) is 0 Å². The van der Waals surface area contributed by atoms with Crippen molar-refractivity contribution in [3.05, 3.63) is 89.0 Å². The molecule has 15 heteroatoms. The summed E-state index contributed by atoms with van der Waals surface area (Å²) < 4.78 is 28.7. The van der Waals surface area contributed by atoms with Gasteiger partial charge in [0.05, 0.1) is 70.6 Å². The first kappa shape index (κ1) is 41.4. The van der Waals surface area contributed by atoms with E-state index in [0.29, 0.717) is 71.6 Å². The summed E-state index contributed by atoms with van der Waals surface area (Å²) in [5.41, 5.74) is 5.08. The molecular weight excluding hydrogens is 731 g/mol. The maximum Gasteiger partial charge on any atom is 0.407 e. The molecule has 0 aliphatic heterocycles. The normalized spacial score (nSPS) is 13.7. The first-order chi connectivity index (χ1) is 27.6. The van der Waals surface area contributed by atoms with E-state index in [1.165, 1.54) is 4.40 Å². The molecule has 0 saturated heterocycles. The van der Waals surface area contributed by atoms with Crippen LogP contribution < -0.4 is 21.6 Å². The molecule has 5 aromatic rings. The predicted octanol–water partition coefficient (Wildman–Crippen LogP) is 4.58. The summed E-state index contributed by atoms with van der Waals surface area (Å²) in [6.45, 7) is 9.72. The highest BCUT2D eigenvalue weighted by atomic mass is 16.6. The van der Waals surface area contributed by atoms with Gasteiger partial charge in [-0.05, 0) is 63.3 Å². The number of aromatic amines is 1. The number of nitrogens with one attached hydrogen (secondary N) is 4. The van der Waals surface area contributed by atoms with Gasteiger partial charge in [-0.1, -0.05) is 54.6 Å². The number of amides is 2. The number of carbonyl (C=O) groups is 2. The molecule has 4 N–H and O–H groups in total. The Morgan fingerprint density at radius 3 is 2.05 bits per heavy atom. The number of hydrogen-bond acceptors (Lipinski definition) is 11. The van der Waals surface area contributed by atoms with Crippen LogP contribution in [-0.2, 0) is 34.0 Å². The van der Waals surface area contributed by atoms with Crippen molar-refractivity contribution in [2.24, 2.45) is 0 Å². The number of pyridine rings is 2. The number of nitrogens with zero attached hydrogens (tertiary/aromatic N) is 3. The van der Waals surface area contributed by atoms with E-state index in [1.807, 2.05) is 45.0 Å². The van der Waals surface area contributed by atoms with E-state index in [9.17, 15) is 14.4 Å². The highest BCUT2D eigenvalue weighted by Gasteiger charge is 2.38. The zero-order chi connectivity index (χ0) is 40.1. The molecule has 1 fully saturated rings. The maximum absolute atomic E-state index is 12.7. The van der Waals surface area contributed by atoms with Gasteiger partial charge in [0.25, 0.3) is 0 Å². The number of rotatable bonds is 21. The molecule has 2 aromatic carbocycles.